The van der Waals surface area contributed by atoms with E-state index in [9.17, 15) is 14.0 Å². The smallest absolute Gasteiger partial charge is 0.319 e. The van der Waals surface area contributed by atoms with Crippen molar-refractivity contribution in [2.24, 2.45) is 0 Å². The van der Waals surface area contributed by atoms with Crippen LogP contribution < -0.4 is 0 Å². The molecule has 1 saturated heterocycles. The van der Waals surface area contributed by atoms with Crippen molar-refractivity contribution in [2.45, 2.75) is 6.42 Å². The number of carbonyl (C=O) groups excluding carboxylic acids is 2. The second kappa shape index (κ2) is 6.56. The van der Waals surface area contributed by atoms with E-state index in [1.165, 1.54) is 17.0 Å². The number of amides is 3. The first kappa shape index (κ1) is 15.3. The van der Waals surface area contributed by atoms with Gasteiger partial charge in [0, 0.05) is 40.3 Å². The minimum absolute atomic E-state index is 0.0126. The summed E-state index contributed by atoms with van der Waals surface area (Å²) in [5.74, 6) is -0.291. The molecule has 1 aromatic rings. The van der Waals surface area contributed by atoms with Gasteiger partial charge in [0.05, 0.1) is 6.42 Å². The average Bonchev–Trinajstić information content (AvgIpc) is 2.49. The van der Waals surface area contributed by atoms with Crippen LogP contribution in [0.3, 0.4) is 0 Å². The highest BCUT2D eigenvalue weighted by atomic mass is 19.1. The highest BCUT2D eigenvalue weighted by Crippen LogP contribution is 2.09. The number of rotatable bonds is 2. The fraction of sp³-hybridized carbons (Fsp3) is 0.467. The number of carbonyl (C=O) groups is 2. The van der Waals surface area contributed by atoms with Gasteiger partial charge in [-0.05, 0) is 17.7 Å². The van der Waals surface area contributed by atoms with Crippen LogP contribution in [0.2, 0.25) is 0 Å². The third-order valence-corrected chi connectivity index (χ3v) is 3.55. The predicted octanol–water partition coefficient (Wildman–Crippen LogP) is 1.19. The van der Waals surface area contributed by atoms with Crippen molar-refractivity contribution in [3.05, 3.63) is 35.6 Å². The Morgan fingerprint density at radius 3 is 2.10 bits per heavy atom. The van der Waals surface area contributed by atoms with Crippen LogP contribution in [-0.4, -0.2) is 66.9 Å². The van der Waals surface area contributed by atoms with Crippen LogP contribution in [0.4, 0.5) is 9.18 Å². The Labute approximate surface area is 123 Å². The molecule has 0 aliphatic carbocycles. The second-order valence-electron chi connectivity index (χ2n) is 5.35. The lowest BCUT2D eigenvalue weighted by Gasteiger charge is -2.36. The lowest BCUT2D eigenvalue weighted by atomic mass is 10.1. The van der Waals surface area contributed by atoms with Gasteiger partial charge in [-0.2, -0.15) is 0 Å². The normalized spacial score (nSPS) is 15.0. The summed E-state index contributed by atoms with van der Waals surface area (Å²) < 4.78 is 12.8. The number of hydrogen-bond donors (Lipinski definition) is 0. The Bertz CT molecular complexity index is 508. The third-order valence-electron chi connectivity index (χ3n) is 3.55. The van der Waals surface area contributed by atoms with Gasteiger partial charge in [-0.3, -0.25) is 4.79 Å². The van der Waals surface area contributed by atoms with E-state index in [0.717, 1.165) is 5.56 Å². The minimum atomic E-state index is -0.304. The Kier molecular flexibility index (Phi) is 4.77. The van der Waals surface area contributed by atoms with Crippen molar-refractivity contribution in [2.75, 3.05) is 40.3 Å². The summed E-state index contributed by atoms with van der Waals surface area (Å²) in [4.78, 5) is 29.0. The molecule has 0 aromatic heterocycles. The quantitative estimate of drug-likeness (QED) is 0.822. The molecule has 1 aromatic carbocycles. The van der Waals surface area contributed by atoms with E-state index in [1.807, 2.05) is 0 Å². The molecular weight excluding hydrogens is 273 g/mol. The van der Waals surface area contributed by atoms with Gasteiger partial charge in [0.25, 0.3) is 0 Å². The van der Waals surface area contributed by atoms with E-state index in [0.29, 0.717) is 26.2 Å². The number of hydrogen-bond acceptors (Lipinski definition) is 2. The molecule has 0 saturated carbocycles. The molecule has 1 aliphatic rings. The van der Waals surface area contributed by atoms with Crippen LogP contribution in [0, 0.1) is 5.82 Å². The van der Waals surface area contributed by atoms with Crippen LogP contribution in [0.1, 0.15) is 5.56 Å². The van der Waals surface area contributed by atoms with Gasteiger partial charge in [-0.15, -0.1) is 0 Å². The van der Waals surface area contributed by atoms with Crippen molar-refractivity contribution >= 4 is 11.9 Å². The van der Waals surface area contributed by atoms with E-state index in [-0.39, 0.29) is 24.2 Å². The molecule has 3 amide bonds. The summed E-state index contributed by atoms with van der Waals surface area (Å²) in [6.07, 6.45) is 0.266. The summed E-state index contributed by atoms with van der Waals surface area (Å²) >= 11 is 0. The zero-order valence-electron chi connectivity index (χ0n) is 12.4. The molecule has 1 fully saturated rings. The van der Waals surface area contributed by atoms with Gasteiger partial charge in [0.2, 0.25) is 5.91 Å². The van der Waals surface area contributed by atoms with Gasteiger partial charge in [0.1, 0.15) is 5.82 Å². The maximum absolute atomic E-state index is 12.8. The molecule has 0 radical (unpaired) electrons. The maximum Gasteiger partial charge on any atom is 0.319 e. The SMILES string of the molecule is CN(C)C(=O)N1CCN(C(=O)Cc2ccc(F)cc2)CC1. The van der Waals surface area contributed by atoms with Crippen LogP contribution >= 0.6 is 0 Å². The highest BCUT2D eigenvalue weighted by Gasteiger charge is 2.24. The van der Waals surface area contributed by atoms with Gasteiger partial charge in [0.15, 0.2) is 0 Å². The predicted molar refractivity (Wildman–Crippen MR) is 77.3 cm³/mol. The monoisotopic (exact) mass is 293 g/mol. The fourth-order valence-corrected chi connectivity index (χ4v) is 2.32. The van der Waals surface area contributed by atoms with Gasteiger partial charge >= 0.3 is 6.03 Å². The molecule has 0 N–H and O–H groups in total. The summed E-state index contributed by atoms with van der Waals surface area (Å²) in [7, 11) is 3.43. The summed E-state index contributed by atoms with van der Waals surface area (Å²) in [6, 6.07) is 5.94. The van der Waals surface area contributed by atoms with Crippen molar-refractivity contribution in [3.63, 3.8) is 0 Å². The lowest BCUT2D eigenvalue weighted by Crippen LogP contribution is -2.53. The first-order chi connectivity index (χ1) is 9.97. The molecule has 1 aliphatic heterocycles. The first-order valence-corrected chi connectivity index (χ1v) is 6.96. The highest BCUT2D eigenvalue weighted by molar-refractivity contribution is 5.79. The summed E-state index contributed by atoms with van der Waals surface area (Å²) in [5, 5.41) is 0. The van der Waals surface area contributed by atoms with Crippen molar-refractivity contribution < 1.29 is 14.0 Å². The van der Waals surface area contributed by atoms with Crippen molar-refractivity contribution in [1.29, 1.82) is 0 Å². The molecule has 0 bridgehead atoms. The Hall–Kier alpha value is -2.11. The molecular formula is C15H20FN3O2. The van der Waals surface area contributed by atoms with Crippen LogP contribution in [-0.2, 0) is 11.2 Å². The van der Waals surface area contributed by atoms with Crippen LogP contribution in [0.5, 0.6) is 0 Å². The zero-order chi connectivity index (χ0) is 15.4. The standard InChI is InChI=1S/C15H20FN3O2/c1-17(2)15(21)19-9-7-18(8-10-19)14(20)11-12-3-5-13(16)6-4-12/h3-6H,7-11H2,1-2H3. The molecule has 5 nitrogen and oxygen atoms in total. The maximum atomic E-state index is 12.8. The third kappa shape index (κ3) is 3.93. The topological polar surface area (TPSA) is 43.9 Å². The molecule has 0 unspecified atom stereocenters. The summed E-state index contributed by atoms with van der Waals surface area (Å²) in [6.45, 7) is 2.18. The Morgan fingerprint density at radius 1 is 1.05 bits per heavy atom. The average molecular weight is 293 g/mol. The molecule has 6 heteroatoms. The molecule has 2 rings (SSSR count). The molecule has 21 heavy (non-hydrogen) atoms. The number of nitrogens with zero attached hydrogens (tertiary/aromatic N) is 3. The van der Waals surface area contributed by atoms with Crippen LogP contribution in [0.15, 0.2) is 24.3 Å². The van der Waals surface area contributed by atoms with Crippen molar-refractivity contribution in [1.82, 2.24) is 14.7 Å². The molecule has 114 valence electrons. The van der Waals surface area contributed by atoms with E-state index < -0.39 is 0 Å². The van der Waals surface area contributed by atoms with Gasteiger partial charge in [-0.1, -0.05) is 12.1 Å². The first-order valence-electron chi connectivity index (χ1n) is 6.96. The van der Waals surface area contributed by atoms with E-state index in [2.05, 4.69) is 0 Å². The zero-order valence-corrected chi connectivity index (χ0v) is 12.4. The van der Waals surface area contributed by atoms with E-state index in [4.69, 9.17) is 0 Å². The summed E-state index contributed by atoms with van der Waals surface area (Å²) in [5.41, 5.74) is 0.799. The fourth-order valence-electron chi connectivity index (χ4n) is 2.32. The largest absolute Gasteiger partial charge is 0.339 e. The Morgan fingerprint density at radius 2 is 1.57 bits per heavy atom. The molecule has 0 atom stereocenters. The number of benzene rings is 1. The Balaban J connectivity index is 1.86. The number of urea groups is 1. The van der Waals surface area contributed by atoms with Crippen molar-refractivity contribution in [3.8, 4) is 0 Å². The van der Waals surface area contributed by atoms with Gasteiger partial charge in [-0.25, -0.2) is 9.18 Å². The lowest BCUT2D eigenvalue weighted by molar-refractivity contribution is -0.131. The van der Waals surface area contributed by atoms with E-state index in [1.54, 1.807) is 36.0 Å². The second-order valence-corrected chi connectivity index (χ2v) is 5.35. The minimum Gasteiger partial charge on any atom is -0.339 e. The van der Waals surface area contributed by atoms with Gasteiger partial charge < -0.3 is 14.7 Å². The van der Waals surface area contributed by atoms with Crippen LogP contribution in [0.25, 0.3) is 0 Å². The number of piperazine rings is 1. The molecule has 0 spiro atoms. The number of halogens is 1. The van der Waals surface area contributed by atoms with E-state index >= 15 is 0 Å². The molecule has 1 heterocycles.